The van der Waals surface area contributed by atoms with Gasteiger partial charge in [-0.15, -0.1) is 0 Å². The molecule has 0 aromatic heterocycles. The van der Waals surface area contributed by atoms with Crippen LogP contribution in [0.15, 0.2) is 359 Å². The lowest BCUT2D eigenvalue weighted by Gasteiger charge is -2.46. The molecular formula is C84H56B2N4S2. The molecule has 0 bridgehead atoms. The van der Waals surface area contributed by atoms with Gasteiger partial charge < -0.3 is 19.6 Å². The van der Waals surface area contributed by atoms with Crippen LogP contribution in [0.3, 0.4) is 0 Å². The largest absolute Gasteiger partial charge is 0.311 e. The quantitative estimate of drug-likeness (QED) is 0.119. The van der Waals surface area contributed by atoms with Crippen molar-refractivity contribution in [3.05, 3.63) is 340 Å². The Hall–Kier alpha value is -10.9. The fourth-order valence-corrected chi connectivity index (χ4v) is 17.2. The molecule has 0 spiro atoms. The van der Waals surface area contributed by atoms with E-state index in [0.717, 1.165) is 68.0 Å². The van der Waals surface area contributed by atoms with E-state index >= 15 is 0 Å². The predicted molar refractivity (Wildman–Crippen MR) is 392 cm³/mol. The molecule has 0 saturated carbocycles. The van der Waals surface area contributed by atoms with E-state index in [-0.39, 0.29) is 13.4 Å². The molecule has 0 radical (unpaired) electrons. The Bertz CT molecular complexity index is 5000. The molecule has 18 rings (SSSR count). The highest BCUT2D eigenvalue weighted by Crippen LogP contribution is 2.52. The number of hydrogen-bond donors (Lipinski definition) is 0. The van der Waals surface area contributed by atoms with E-state index in [0.29, 0.717) is 0 Å². The van der Waals surface area contributed by atoms with Crippen LogP contribution in [0.4, 0.5) is 68.2 Å². The van der Waals surface area contributed by atoms with Crippen LogP contribution in [-0.2, 0) is 0 Å². The molecule has 14 aromatic rings. The molecule has 0 atom stereocenters. The molecule has 14 aromatic carbocycles. The lowest BCUT2D eigenvalue weighted by Crippen LogP contribution is -2.64. The summed E-state index contributed by atoms with van der Waals surface area (Å²) in [5, 5.41) is 0. The Morgan fingerprint density at radius 2 is 0.652 bits per heavy atom. The normalized spacial score (nSPS) is 12.8. The SMILES string of the molecule is c1ccc(-c2ccc(N(c3ccc(-c4ccccc4)cc3)c3cc4c5c(c3)Sc3cc6c(cc3B5c3ccccc3S4)B3c4ccccc4N(c4ccccc4)c4cc(N(c5ccccc5)c5ccccc5)cc(c43)N6c3ccccc3-c3ccccc3)cc2)cc1. The molecule has 0 N–H and O–H groups in total. The molecule has 0 amide bonds. The van der Waals surface area contributed by atoms with E-state index in [4.69, 9.17) is 0 Å². The molecular weight excluding hydrogens is 1150 g/mol. The molecule has 4 nitrogen and oxygen atoms in total. The molecule has 430 valence electrons. The fraction of sp³-hybridized carbons (Fsp3) is 0. The summed E-state index contributed by atoms with van der Waals surface area (Å²) in [7, 11) is 0. The first-order chi connectivity index (χ1) is 45.6. The highest BCUT2D eigenvalue weighted by molar-refractivity contribution is 8.01. The minimum absolute atomic E-state index is 0.0185. The van der Waals surface area contributed by atoms with E-state index < -0.39 is 0 Å². The van der Waals surface area contributed by atoms with Gasteiger partial charge >= 0.3 is 0 Å². The van der Waals surface area contributed by atoms with Crippen molar-refractivity contribution in [1.82, 2.24) is 0 Å². The zero-order chi connectivity index (χ0) is 60.6. The molecule has 0 fully saturated rings. The molecule has 4 aliphatic rings. The van der Waals surface area contributed by atoms with Gasteiger partial charge in [0.2, 0.25) is 6.71 Å². The summed E-state index contributed by atoms with van der Waals surface area (Å²) >= 11 is 3.84. The first-order valence-corrected chi connectivity index (χ1v) is 33.2. The number of anilines is 12. The predicted octanol–water partition coefficient (Wildman–Crippen LogP) is 19.2. The highest BCUT2D eigenvalue weighted by Gasteiger charge is 2.47. The van der Waals surface area contributed by atoms with Crippen molar-refractivity contribution in [2.45, 2.75) is 19.6 Å². The van der Waals surface area contributed by atoms with Crippen molar-refractivity contribution < 1.29 is 0 Å². The summed E-state index contributed by atoms with van der Waals surface area (Å²) < 4.78 is 0. The molecule has 0 saturated heterocycles. The standard InChI is InChI=1S/C84H56B2N4S2/c1-7-25-57(26-8-1)59-43-47-65(48-44-59)88(66-49-45-60(46-50-66)58-27-9-2-10-28-58)68-53-81-84-82(54-68)92-80-56-76-72(55-73(80)86(84)71-39-21-24-42-79(71)91-81)85-70-38-20-23-41-75(70)89(64-35-17-6-18-36-64)77-51-67(87(62-31-13-4-14-32-62)63-33-15-5-16-34-63)52-78(83(77)85)90(76)74-40-22-19-37-69(74)61-29-11-3-12-30-61/h1-56H. The summed E-state index contributed by atoms with van der Waals surface area (Å²) in [6.45, 7) is -0.140. The van der Waals surface area contributed by atoms with E-state index in [1.54, 1.807) is 0 Å². The average Bonchev–Trinajstić information content (AvgIpc) is 0.694. The van der Waals surface area contributed by atoms with E-state index in [9.17, 15) is 0 Å². The number of hydrogen-bond acceptors (Lipinski definition) is 6. The Labute approximate surface area is 546 Å². The monoisotopic (exact) mass is 1210 g/mol. The summed E-state index contributed by atoms with van der Waals surface area (Å²) in [5.74, 6) is 0. The smallest absolute Gasteiger partial charge is 0.252 e. The number of para-hydroxylation sites is 5. The number of benzene rings is 14. The van der Waals surface area contributed by atoms with Crippen molar-refractivity contribution in [2.24, 2.45) is 0 Å². The first kappa shape index (κ1) is 54.1. The third-order valence-electron chi connectivity index (χ3n) is 18.7. The van der Waals surface area contributed by atoms with Crippen molar-refractivity contribution in [1.29, 1.82) is 0 Å². The van der Waals surface area contributed by atoms with Gasteiger partial charge in [-0.2, -0.15) is 0 Å². The zero-order valence-corrected chi connectivity index (χ0v) is 51.7. The van der Waals surface area contributed by atoms with Gasteiger partial charge in [-0.05, 0) is 159 Å². The van der Waals surface area contributed by atoms with Gasteiger partial charge in [0, 0.05) is 82.0 Å². The van der Waals surface area contributed by atoms with Crippen LogP contribution >= 0.6 is 23.5 Å². The molecule has 4 aliphatic heterocycles. The molecule has 92 heavy (non-hydrogen) atoms. The van der Waals surface area contributed by atoms with Gasteiger partial charge in [0.1, 0.15) is 0 Å². The average molecular weight is 1210 g/mol. The van der Waals surface area contributed by atoms with E-state index in [1.807, 2.05) is 23.5 Å². The third kappa shape index (κ3) is 9.12. The summed E-state index contributed by atoms with van der Waals surface area (Å²) in [4.78, 5) is 15.1. The maximum atomic E-state index is 2.64. The van der Waals surface area contributed by atoms with Gasteiger partial charge in [0.15, 0.2) is 0 Å². The van der Waals surface area contributed by atoms with Crippen LogP contribution in [0.2, 0.25) is 0 Å². The summed E-state index contributed by atoms with van der Waals surface area (Å²) in [6, 6.07) is 126. The Kier molecular flexibility index (Phi) is 13.3. The maximum Gasteiger partial charge on any atom is 0.252 e. The number of nitrogens with zero attached hydrogens (tertiary/aromatic N) is 4. The van der Waals surface area contributed by atoms with Crippen LogP contribution in [0.5, 0.6) is 0 Å². The fourth-order valence-electron chi connectivity index (χ4n) is 14.7. The molecule has 8 heteroatoms. The zero-order valence-electron chi connectivity index (χ0n) is 50.1. The minimum Gasteiger partial charge on any atom is -0.311 e. The second-order valence-corrected chi connectivity index (χ2v) is 26.1. The van der Waals surface area contributed by atoms with Crippen LogP contribution < -0.4 is 52.4 Å². The lowest BCUT2D eigenvalue weighted by atomic mass is 9.31. The van der Waals surface area contributed by atoms with Gasteiger partial charge in [0.25, 0.3) is 6.71 Å². The van der Waals surface area contributed by atoms with Gasteiger partial charge in [-0.1, -0.05) is 265 Å². The van der Waals surface area contributed by atoms with Gasteiger partial charge in [-0.25, -0.2) is 0 Å². The third-order valence-corrected chi connectivity index (χ3v) is 21.0. The van der Waals surface area contributed by atoms with Crippen LogP contribution in [-0.4, -0.2) is 13.4 Å². The van der Waals surface area contributed by atoms with Crippen LogP contribution in [0.25, 0.3) is 33.4 Å². The minimum atomic E-state index is -0.121. The Morgan fingerprint density at radius 1 is 0.228 bits per heavy atom. The second kappa shape index (κ2) is 22.5. The molecule has 4 heterocycles. The molecule has 0 aliphatic carbocycles. The summed E-state index contributed by atoms with van der Waals surface area (Å²) in [5.41, 5.74) is 28.4. The van der Waals surface area contributed by atoms with Crippen LogP contribution in [0, 0.1) is 0 Å². The highest BCUT2D eigenvalue weighted by atomic mass is 32.2. The lowest BCUT2D eigenvalue weighted by molar-refractivity contribution is 1.22. The van der Waals surface area contributed by atoms with Crippen molar-refractivity contribution >= 4 is 138 Å². The number of rotatable bonds is 11. The second-order valence-electron chi connectivity index (χ2n) is 23.9. The number of fused-ring (bicyclic) bond motifs is 8. The van der Waals surface area contributed by atoms with Crippen molar-refractivity contribution in [3.63, 3.8) is 0 Å². The Balaban J connectivity index is 0.885. The molecule has 0 unspecified atom stereocenters. The van der Waals surface area contributed by atoms with Gasteiger partial charge in [0.05, 0.1) is 11.4 Å². The summed E-state index contributed by atoms with van der Waals surface area (Å²) in [6.07, 6.45) is 0. The van der Waals surface area contributed by atoms with Crippen molar-refractivity contribution in [2.75, 3.05) is 19.6 Å². The first-order valence-electron chi connectivity index (χ1n) is 31.5. The van der Waals surface area contributed by atoms with Crippen molar-refractivity contribution in [3.8, 4) is 33.4 Å². The van der Waals surface area contributed by atoms with Gasteiger partial charge in [-0.3, -0.25) is 0 Å². The topological polar surface area (TPSA) is 13.0 Å². The Morgan fingerprint density at radius 3 is 1.24 bits per heavy atom. The van der Waals surface area contributed by atoms with E-state index in [2.05, 4.69) is 359 Å². The van der Waals surface area contributed by atoms with Crippen LogP contribution in [0.1, 0.15) is 0 Å². The van der Waals surface area contributed by atoms with E-state index in [1.165, 1.54) is 86.0 Å². The maximum absolute atomic E-state index is 2.64.